The summed E-state index contributed by atoms with van der Waals surface area (Å²) in [5, 5.41) is 9.72. The first kappa shape index (κ1) is 8.81. The van der Waals surface area contributed by atoms with E-state index in [1.54, 1.807) is 13.0 Å². The second kappa shape index (κ2) is 2.87. The van der Waals surface area contributed by atoms with E-state index in [0.717, 1.165) is 10.9 Å². The largest absolute Gasteiger partial charge is 0.475 e. The molecule has 2 rings (SSSR count). The number of carboxylic acid groups (broad SMARTS) is 1. The van der Waals surface area contributed by atoms with Gasteiger partial charge in [-0.3, -0.25) is 0 Å². The molecule has 0 aliphatic rings. The van der Waals surface area contributed by atoms with Crippen molar-refractivity contribution in [2.24, 2.45) is 0 Å². The summed E-state index contributed by atoms with van der Waals surface area (Å²) in [6, 6.07) is 5.63. The van der Waals surface area contributed by atoms with Crippen LogP contribution in [-0.2, 0) is 0 Å². The Bertz CT molecular complexity index is 508. The minimum absolute atomic E-state index is 0.0330. The van der Waals surface area contributed by atoms with Gasteiger partial charge in [-0.2, -0.15) is 0 Å². The van der Waals surface area contributed by atoms with Crippen LogP contribution in [0.3, 0.4) is 0 Å². The lowest BCUT2D eigenvalue weighted by Crippen LogP contribution is -1.95. The molecule has 72 valence electrons. The first-order chi connectivity index (χ1) is 6.59. The Morgan fingerprint density at radius 1 is 1.36 bits per heavy atom. The van der Waals surface area contributed by atoms with Crippen molar-refractivity contribution in [2.45, 2.75) is 13.8 Å². The first-order valence-corrected chi connectivity index (χ1v) is 4.32. The lowest BCUT2D eigenvalue weighted by atomic mass is 10.1. The monoisotopic (exact) mass is 190 g/mol. The fraction of sp³-hybridized carbons (Fsp3) is 0.182. The zero-order chi connectivity index (χ0) is 10.3. The number of furan rings is 1. The van der Waals surface area contributed by atoms with Gasteiger partial charge in [-0.05, 0) is 26.0 Å². The normalized spacial score (nSPS) is 10.7. The van der Waals surface area contributed by atoms with Crippen LogP contribution >= 0.6 is 0 Å². The highest BCUT2D eigenvalue weighted by Gasteiger charge is 2.15. The fourth-order valence-electron chi connectivity index (χ4n) is 1.54. The molecule has 0 radical (unpaired) electrons. The van der Waals surface area contributed by atoms with E-state index < -0.39 is 5.97 Å². The molecule has 2 aromatic rings. The zero-order valence-electron chi connectivity index (χ0n) is 8.00. The molecule has 0 unspecified atom stereocenters. The molecule has 0 saturated carbocycles. The van der Waals surface area contributed by atoms with Gasteiger partial charge in [-0.15, -0.1) is 0 Å². The molecule has 0 aliphatic carbocycles. The average Bonchev–Trinajstić information content (AvgIpc) is 2.44. The molecule has 3 nitrogen and oxygen atoms in total. The van der Waals surface area contributed by atoms with E-state index in [9.17, 15) is 4.79 Å². The molecule has 0 bridgehead atoms. The number of hydrogen-bond acceptors (Lipinski definition) is 2. The van der Waals surface area contributed by atoms with Crippen LogP contribution in [0.5, 0.6) is 0 Å². The molecule has 1 N–H and O–H groups in total. The van der Waals surface area contributed by atoms with E-state index >= 15 is 0 Å². The third-order valence-corrected chi connectivity index (χ3v) is 2.29. The smallest absolute Gasteiger partial charge is 0.372 e. The van der Waals surface area contributed by atoms with Crippen molar-refractivity contribution in [3.63, 3.8) is 0 Å². The summed E-state index contributed by atoms with van der Waals surface area (Å²) in [7, 11) is 0. The van der Waals surface area contributed by atoms with Crippen molar-refractivity contribution in [2.75, 3.05) is 0 Å². The second-order valence-corrected chi connectivity index (χ2v) is 3.36. The summed E-state index contributed by atoms with van der Waals surface area (Å²) in [6.45, 7) is 3.72. The van der Waals surface area contributed by atoms with Crippen LogP contribution < -0.4 is 0 Å². The molecular weight excluding hydrogens is 180 g/mol. The van der Waals surface area contributed by atoms with Gasteiger partial charge < -0.3 is 9.52 Å². The predicted octanol–water partition coefficient (Wildman–Crippen LogP) is 2.75. The van der Waals surface area contributed by atoms with Gasteiger partial charge in [0.05, 0.1) is 0 Å². The standard InChI is InChI=1S/C11H10O3/c1-6-3-4-9-8(5-6)7(2)10(14-9)11(12)13/h3-5H,1-2H3,(H,12,13). The van der Waals surface area contributed by atoms with E-state index in [1.807, 2.05) is 19.1 Å². The first-order valence-electron chi connectivity index (χ1n) is 4.32. The lowest BCUT2D eigenvalue weighted by molar-refractivity contribution is 0.0664. The number of benzene rings is 1. The average molecular weight is 190 g/mol. The maximum absolute atomic E-state index is 10.8. The molecule has 1 heterocycles. The van der Waals surface area contributed by atoms with E-state index in [2.05, 4.69) is 0 Å². The van der Waals surface area contributed by atoms with Crippen LogP contribution in [-0.4, -0.2) is 11.1 Å². The summed E-state index contributed by atoms with van der Waals surface area (Å²) in [4.78, 5) is 10.8. The van der Waals surface area contributed by atoms with E-state index in [4.69, 9.17) is 9.52 Å². The van der Waals surface area contributed by atoms with Gasteiger partial charge in [-0.25, -0.2) is 4.79 Å². The Labute approximate surface area is 81.0 Å². The number of fused-ring (bicyclic) bond motifs is 1. The van der Waals surface area contributed by atoms with Crippen LogP contribution in [0.4, 0.5) is 0 Å². The number of carboxylic acids is 1. The highest BCUT2D eigenvalue weighted by molar-refractivity contribution is 5.95. The van der Waals surface area contributed by atoms with Crippen molar-refractivity contribution in [3.8, 4) is 0 Å². The van der Waals surface area contributed by atoms with Crippen molar-refractivity contribution >= 4 is 16.9 Å². The Morgan fingerprint density at radius 3 is 2.71 bits per heavy atom. The zero-order valence-corrected chi connectivity index (χ0v) is 8.00. The molecule has 0 amide bonds. The molecular formula is C11H10O3. The van der Waals surface area contributed by atoms with Crippen LogP contribution in [0.25, 0.3) is 11.0 Å². The van der Waals surface area contributed by atoms with E-state index in [1.165, 1.54) is 0 Å². The number of aromatic carboxylic acids is 1. The molecule has 0 spiro atoms. The quantitative estimate of drug-likeness (QED) is 0.752. The number of carbonyl (C=O) groups is 1. The molecule has 1 aromatic carbocycles. The minimum atomic E-state index is -1.02. The SMILES string of the molecule is Cc1ccc2oc(C(=O)O)c(C)c2c1. The van der Waals surface area contributed by atoms with Crippen molar-refractivity contribution in [1.82, 2.24) is 0 Å². The number of rotatable bonds is 1. The second-order valence-electron chi connectivity index (χ2n) is 3.36. The maximum atomic E-state index is 10.8. The van der Waals surface area contributed by atoms with E-state index in [-0.39, 0.29) is 5.76 Å². The van der Waals surface area contributed by atoms with E-state index in [0.29, 0.717) is 11.1 Å². The number of aryl methyl sites for hydroxylation is 2. The summed E-state index contributed by atoms with van der Waals surface area (Å²) < 4.78 is 5.22. The Balaban J connectivity index is 2.80. The highest BCUT2D eigenvalue weighted by atomic mass is 16.4. The molecule has 14 heavy (non-hydrogen) atoms. The molecule has 1 aromatic heterocycles. The van der Waals surface area contributed by atoms with Crippen molar-refractivity contribution in [1.29, 1.82) is 0 Å². The van der Waals surface area contributed by atoms with Gasteiger partial charge in [-0.1, -0.05) is 11.6 Å². The Hall–Kier alpha value is -1.77. The van der Waals surface area contributed by atoms with Crippen LogP contribution in [0.15, 0.2) is 22.6 Å². The van der Waals surface area contributed by atoms with Crippen molar-refractivity contribution in [3.05, 3.63) is 35.1 Å². The maximum Gasteiger partial charge on any atom is 0.372 e. The highest BCUT2D eigenvalue weighted by Crippen LogP contribution is 2.25. The Kier molecular flexibility index (Phi) is 1.81. The molecule has 3 heteroatoms. The third kappa shape index (κ3) is 1.18. The summed E-state index contributed by atoms with van der Waals surface area (Å²) in [6.07, 6.45) is 0. The van der Waals surface area contributed by atoms with Crippen LogP contribution in [0.2, 0.25) is 0 Å². The van der Waals surface area contributed by atoms with Crippen LogP contribution in [0.1, 0.15) is 21.7 Å². The molecule has 0 saturated heterocycles. The summed E-state index contributed by atoms with van der Waals surface area (Å²) in [5.74, 6) is -0.984. The van der Waals surface area contributed by atoms with Gasteiger partial charge in [0.1, 0.15) is 5.58 Å². The minimum Gasteiger partial charge on any atom is -0.475 e. The van der Waals surface area contributed by atoms with Crippen molar-refractivity contribution < 1.29 is 14.3 Å². The lowest BCUT2D eigenvalue weighted by Gasteiger charge is -1.91. The fourth-order valence-corrected chi connectivity index (χ4v) is 1.54. The van der Waals surface area contributed by atoms with Gasteiger partial charge in [0.15, 0.2) is 0 Å². The van der Waals surface area contributed by atoms with Gasteiger partial charge >= 0.3 is 5.97 Å². The topological polar surface area (TPSA) is 50.4 Å². The molecule has 0 aliphatic heterocycles. The summed E-state index contributed by atoms with van der Waals surface area (Å²) >= 11 is 0. The molecule has 0 atom stereocenters. The van der Waals surface area contributed by atoms with Gasteiger partial charge in [0.25, 0.3) is 0 Å². The third-order valence-electron chi connectivity index (χ3n) is 2.29. The van der Waals surface area contributed by atoms with Crippen LogP contribution in [0, 0.1) is 13.8 Å². The van der Waals surface area contributed by atoms with Gasteiger partial charge in [0.2, 0.25) is 5.76 Å². The summed E-state index contributed by atoms with van der Waals surface area (Å²) in [5.41, 5.74) is 2.42. The predicted molar refractivity (Wildman–Crippen MR) is 52.6 cm³/mol. The van der Waals surface area contributed by atoms with Gasteiger partial charge in [0, 0.05) is 10.9 Å². The molecule has 0 fully saturated rings. The Morgan fingerprint density at radius 2 is 2.07 bits per heavy atom. The number of hydrogen-bond donors (Lipinski definition) is 1.